The molecule has 0 aliphatic heterocycles. The molecule has 3 unspecified atom stereocenters. The van der Waals surface area contributed by atoms with E-state index in [4.69, 9.17) is 5.26 Å². The first-order chi connectivity index (χ1) is 6.64. The highest BCUT2D eigenvalue weighted by atomic mass is 15.0. The van der Waals surface area contributed by atoms with Crippen LogP contribution < -0.4 is 5.32 Å². The molecule has 0 saturated heterocycles. The topological polar surface area (TPSA) is 35.8 Å². The highest BCUT2D eigenvalue weighted by Crippen LogP contribution is 2.48. The lowest BCUT2D eigenvalue weighted by atomic mass is 9.99. The molecule has 0 heterocycles. The van der Waals surface area contributed by atoms with Crippen molar-refractivity contribution in [3.8, 4) is 6.07 Å². The van der Waals surface area contributed by atoms with Crippen molar-refractivity contribution in [2.75, 3.05) is 0 Å². The number of hydrogen-bond donors (Lipinski definition) is 1. The van der Waals surface area contributed by atoms with Gasteiger partial charge in [-0.2, -0.15) is 5.26 Å². The summed E-state index contributed by atoms with van der Waals surface area (Å²) in [5.74, 6) is 0.312. The number of nitrogens with one attached hydrogen (secondary N) is 1. The van der Waals surface area contributed by atoms with Crippen LogP contribution in [0.3, 0.4) is 0 Å². The smallest absolute Gasteiger partial charge is 0.0656 e. The predicted octanol–water partition coefficient (Wildman–Crippen LogP) is 2.46. The summed E-state index contributed by atoms with van der Waals surface area (Å²) in [6, 6.07) is 3.61. The Hall–Kier alpha value is -0.550. The molecular weight excluding hydrogens is 172 g/mol. The molecule has 0 bridgehead atoms. The van der Waals surface area contributed by atoms with Crippen LogP contribution >= 0.6 is 0 Å². The lowest BCUT2D eigenvalue weighted by Crippen LogP contribution is -2.39. The van der Waals surface area contributed by atoms with Crippen LogP contribution in [0.25, 0.3) is 0 Å². The highest BCUT2D eigenvalue weighted by Gasteiger charge is 2.43. The van der Waals surface area contributed by atoms with Gasteiger partial charge in [-0.05, 0) is 44.4 Å². The van der Waals surface area contributed by atoms with Crippen molar-refractivity contribution in [1.82, 2.24) is 5.32 Å². The average Bonchev–Trinajstić information content (AvgIpc) is 2.77. The summed E-state index contributed by atoms with van der Waals surface area (Å²) in [6.07, 6.45) is 6.10. The van der Waals surface area contributed by atoms with Crippen LogP contribution in [0.15, 0.2) is 0 Å². The zero-order chi connectivity index (χ0) is 10.2. The third-order valence-electron chi connectivity index (χ3n) is 4.18. The number of nitriles is 1. The molecule has 2 saturated carbocycles. The van der Waals surface area contributed by atoms with Gasteiger partial charge in [0, 0.05) is 18.0 Å². The highest BCUT2D eigenvalue weighted by molar-refractivity contribution is 5.00. The zero-order valence-electron chi connectivity index (χ0n) is 9.21. The summed E-state index contributed by atoms with van der Waals surface area (Å²) < 4.78 is 0. The maximum Gasteiger partial charge on any atom is 0.0656 e. The van der Waals surface area contributed by atoms with Crippen molar-refractivity contribution in [2.45, 2.75) is 58.0 Å². The van der Waals surface area contributed by atoms with Gasteiger partial charge in [0.05, 0.1) is 6.07 Å². The monoisotopic (exact) mass is 192 g/mol. The first-order valence-electron chi connectivity index (χ1n) is 5.80. The fraction of sp³-hybridized carbons (Fsp3) is 0.917. The molecule has 0 aromatic rings. The second-order valence-electron chi connectivity index (χ2n) is 5.38. The standard InChI is InChI=1S/C12H20N2/c1-9(12(2)5-6-12)14-11-4-3-10(7-11)8-13/h9-11,14H,3-7H2,1-2H3. The first kappa shape index (κ1) is 9.98. The summed E-state index contributed by atoms with van der Waals surface area (Å²) in [4.78, 5) is 0. The molecule has 2 fully saturated rings. The summed E-state index contributed by atoms with van der Waals surface area (Å²) in [6.45, 7) is 4.66. The molecule has 1 N–H and O–H groups in total. The van der Waals surface area contributed by atoms with E-state index >= 15 is 0 Å². The van der Waals surface area contributed by atoms with Crippen LogP contribution in [0.2, 0.25) is 0 Å². The molecule has 0 spiro atoms. The van der Waals surface area contributed by atoms with E-state index in [-0.39, 0.29) is 0 Å². The van der Waals surface area contributed by atoms with Gasteiger partial charge in [0.2, 0.25) is 0 Å². The molecule has 2 heteroatoms. The van der Waals surface area contributed by atoms with Crippen LogP contribution in [0.1, 0.15) is 46.0 Å². The lowest BCUT2D eigenvalue weighted by Gasteiger charge is -2.24. The van der Waals surface area contributed by atoms with E-state index in [2.05, 4.69) is 25.2 Å². The Morgan fingerprint density at radius 3 is 2.64 bits per heavy atom. The largest absolute Gasteiger partial charge is 0.311 e. The molecule has 14 heavy (non-hydrogen) atoms. The van der Waals surface area contributed by atoms with Gasteiger partial charge in [-0.1, -0.05) is 6.92 Å². The maximum atomic E-state index is 8.81. The number of hydrogen-bond acceptors (Lipinski definition) is 2. The Balaban J connectivity index is 1.79. The van der Waals surface area contributed by atoms with Crippen LogP contribution in [0, 0.1) is 22.7 Å². The van der Waals surface area contributed by atoms with Gasteiger partial charge in [-0.25, -0.2) is 0 Å². The first-order valence-corrected chi connectivity index (χ1v) is 5.80. The summed E-state index contributed by atoms with van der Waals surface area (Å²) in [5, 5.41) is 12.5. The Morgan fingerprint density at radius 1 is 1.43 bits per heavy atom. The van der Waals surface area contributed by atoms with Crippen molar-refractivity contribution in [2.24, 2.45) is 11.3 Å². The summed E-state index contributed by atoms with van der Waals surface area (Å²) in [5.41, 5.74) is 0.560. The molecule has 2 aliphatic carbocycles. The average molecular weight is 192 g/mol. The van der Waals surface area contributed by atoms with Crippen molar-refractivity contribution >= 4 is 0 Å². The van der Waals surface area contributed by atoms with Gasteiger partial charge in [0.1, 0.15) is 0 Å². The number of rotatable bonds is 3. The van der Waals surface area contributed by atoms with Gasteiger partial charge in [-0.3, -0.25) is 0 Å². The normalized spacial score (nSPS) is 36.4. The minimum Gasteiger partial charge on any atom is -0.311 e. The third-order valence-corrected chi connectivity index (χ3v) is 4.18. The molecule has 0 amide bonds. The van der Waals surface area contributed by atoms with E-state index in [9.17, 15) is 0 Å². The summed E-state index contributed by atoms with van der Waals surface area (Å²) in [7, 11) is 0. The Bertz CT molecular complexity index is 250. The molecule has 2 rings (SSSR count). The molecule has 78 valence electrons. The molecule has 0 aromatic heterocycles. The van der Waals surface area contributed by atoms with Gasteiger partial charge < -0.3 is 5.32 Å². The second-order valence-corrected chi connectivity index (χ2v) is 5.38. The van der Waals surface area contributed by atoms with E-state index < -0.39 is 0 Å². The molecule has 2 aliphatic rings. The Labute approximate surface area is 86.7 Å². The molecule has 0 aromatic carbocycles. The van der Waals surface area contributed by atoms with Crippen LogP contribution in [0.5, 0.6) is 0 Å². The van der Waals surface area contributed by atoms with E-state index in [1.807, 2.05) is 0 Å². The van der Waals surface area contributed by atoms with E-state index in [0.29, 0.717) is 23.4 Å². The lowest BCUT2D eigenvalue weighted by molar-refractivity contribution is 0.337. The van der Waals surface area contributed by atoms with Gasteiger partial charge in [0.25, 0.3) is 0 Å². The minimum atomic E-state index is 0.312. The Kier molecular flexibility index (Phi) is 2.53. The molecule has 0 radical (unpaired) electrons. The van der Waals surface area contributed by atoms with Crippen molar-refractivity contribution < 1.29 is 0 Å². The second kappa shape index (κ2) is 3.55. The van der Waals surface area contributed by atoms with Crippen molar-refractivity contribution in [1.29, 1.82) is 5.26 Å². The minimum absolute atomic E-state index is 0.312. The van der Waals surface area contributed by atoms with Crippen molar-refractivity contribution in [3.63, 3.8) is 0 Å². The summed E-state index contributed by atoms with van der Waals surface area (Å²) >= 11 is 0. The van der Waals surface area contributed by atoms with E-state index in [0.717, 1.165) is 12.8 Å². The predicted molar refractivity (Wildman–Crippen MR) is 56.7 cm³/mol. The van der Waals surface area contributed by atoms with Gasteiger partial charge in [-0.15, -0.1) is 0 Å². The maximum absolute atomic E-state index is 8.81. The molecule has 2 nitrogen and oxygen atoms in total. The van der Waals surface area contributed by atoms with E-state index in [1.54, 1.807) is 0 Å². The van der Waals surface area contributed by atoms with E-state index in [1.165, 1.54) is 19.3 Å². The van der Waals surface area contributed by atoms with Crippen LogP contribution in [-0.2, 0) is 0 Å². The van der Waals surface area contributed by atoms with Crippen molar-refractivity contribution in [3.05, 3.63) is 0 Å². The van der Waals surface area contributed by atoms with Gasteiger partial charge in [0.15, 0.2) is 0 Å². The Morgan fingerprint density at radius 2 is 2.14 bits per heavy atom. The SMILES string of the molecule is CC(NC1CCC(C#N)C1)C1(C)CC1. The molecular formula is C12H20N2. The van der Waals surface area contributed by atoms with Crippen LogP contribution in [-0.4, -0.2) is 12.1 Å². The quantitative estimate of drug-likeness (QED) is 0.745. The molecule has 3 atom stereocenters. The zero-order valence-corrected chi connectivity index (χ0v) is 9.21. The fourth-order valence-corrected chi connectivity index (χ4v) is 2.44. The van der Waals surface area contributed by atoms with Crippen LogP contribution in [0.4, 0.5) is 0 Å². The van der Waals surface area contributed by atoms with Gasteiger partial charge >= 0.3 is 0 Å². The third kappa shape index (κ3) is 1.93. The fourth-order valence-electron chi connectivity index (χ4n) is 2.44. The number of nitrogens with zero attached hydrogens (tertiary/aromatic N) is 1.